The van der Waals surface area contributed by atoms with Gasteiger partial charge in [-0.15, -0.1) is 0 Å². The molecule has 2 rings (SSSR count). The van der Waals surface area contributed by atoms with Gasteiger partial charge in [-0.1, -0.05) is 6.92 Å². The van der Waals surface area contributed by atoms with Crippen molar-refractivity contribution in [3.05, 3.63) is 0 Å². The first-order valence-corrected chi connectivity index (χ1v) is 5.02. The summed E-state index contributed by atoms with van der Waals surface area (Å²) in [6.07, 6.45) is 1.34. The predicted molar refractivity (Wildman–Crippen MR) is 49.1 cm³/mol. The molecule has 2 aliphatic rings. The zero-order valence-electron chi connectivity index (χ0n) is 8.07. The molecule has 13 heavy (non-hydrogen) atoms. The Morgan fingerprint density at radius 3 is 3.00 bits per heavy atom. The summed E-state index contributed by atoms with van der Waals surface area (Å²) in [5.41, 5.74) is 0. The van der Waals surface area contributed by atoms with Crippen LogP contribution in [0, 0.1) is 23.2 Å². The van der Waals surface area contributed by atoms with Crippen molar-refractivity contribution in [1.29, 1.82) is 5.26 Å². The van der Waals surface area contributed by atoms with E-state index in [9.17, 15) is 0 Å². The summed E-state index contributed by atoms with van der Waals surface area (Å²) in [6.45, 7) is 5.70. The Bertz CT molecular complexity index is 223. The van der Waals surface area contributed by atoms with Gasteiger partial charge in [0.15, 0.2) is 0 Å². The molecule has 3 nitrogen and oxygen atoms in total. The Hall–Kier alpha value is -0.590. The maximum absolute atomic E-state index is 8.89. The molecule has 3 heteroatoms. The molecule has 0 radical (unpaired) electrons. The third-order valence-corrected chi connectivity index (χ3v) is 3.13. The van der Waals surface area contributed by atoms with Gasteiger partial charge < -0.3 is 4.74 Å². The van der Waals surface area contributed by atoms with Gasteiger partial charge in [0.2, 0.25) is 0 Å². The summed E-state index contributed by atoms with van der Waals surface area (Å²) in [5, 5.41) is 8.89. The van der Waals surface area contributed by atoms with E-state index in [0.717, 1.165) is 31.5 Å². The minimum Gasteiger partial charge on any atom is -0.377 e. The minimum atomic E-state index is 0.00144. The third-order valence-electron chi connectivity index (χ3n) is 3.13. The molecule has 0 aromatic rings. The van der Waals surface area contributed by atoms with E-state index in [-0.39, 0.29) is 6.04 Å². The summed E-state index contributed by atoms with van der Waals surface area (Å²) in [4.78, 5) is 2.28. The average molecular weight is 180 g/mol. The molecule has 0 spiro atoms. The number of nitrogens with zero attached hydrogens (tertiary/aromatic N) is 2. The van der Waals surface area contributed by atoms with Crippen molar-refractivity contribution in [2.75, 3.05) is 26.3 Å². The second-order valence-corrected chi connectivity index (χ2v) is 4.19. The number of rotatable bonds is 2. The minimum absolute atomic E-state index is 0.00144. The van der Waals surface area contributed by atoms with Crippen molar-refractivity contribution in [1.82, 2.24) is 4.90 Å². The number of ether oxygens (including phenoxy) is 1. The van der Waals surface area contributed by atoms with Gasteiger partial charge in [0.05, 0.1) is 19.3 Å². The molecule has 0 amide bonds. The van der Waals surface area contributed by atoms with Crippen molar-refractivity contribution in [2.45, 2.75) is 19.4 Å². The second-order valence-electron chi connectivity index (χ2n) is 4.19. The fourth-order valence-electron chi connectivity index (χ4n) is 1.93. The Morgan fingerprint density at radius 1 is 1.62 bits per heavy atom. The van der Waals surface area contributed by atoms with Crippen LogP contribution in [-0.4, -0.2) is 37.2 Å². The van der Waals surface area contributed by atoms with Gasteiger partial charge in [0.25, 0.3) is 0 Å². The lowest BCUT2D eigenvalue weighted by molar-refractivity contribution is 0.0103. The highest BCUT2D eigenvalue weighted by Crippen LogP contribution is 2.38. The van der Waals surface area contributed by atoms with E-state index in [2.05, 4.69) is 17.9 Å². The molecule has 1 aliphatic carbocycles. The monoisotopic (exact) mass is 180 g/mol. The van der Waals surface area contributed by atoms with Crippen LogP contribution in [0.15, 0.2) is 0 Å². The molecule has 3 atom stereocenters. The molecule has 0 bridgehead atoms. The van der Waals surface area contributed by atoms with Crippen LogP contribution in [-0.2, 0) is 4.74 Å². The van der Waals surface area contributed by atoms with Crippen molar-refractivity contribution < 1.29 is 4.74 Å². The van der Waals surface area contributed by atoms with Gasteiger partial charge in [-0.3, -0.25) is 4.90 Å². The molecular formula is C10H16N2O. The summed E-state index contributed by atoms with van der Waals surface area (Å²) in [5.74, 6) is 1.72. The van der Waals surface area contributed by atoms with Crippen LogP contribution in [0.4, 0.5) is 0 Å². The van der Waals surface area contributed by atoms with Crippen molar-refractivity contribution in [3.8, 4) is 6.07 Å². The number of hydrogen-bond acceptors (Lipinski definition) is 3. The number of nitriles is 1. The van der Waals surface area contributed by atoms with Crippen LogP contribution in [0.5, 0.6) is 0 Å². The van der Waals surface area contributed by atoms with Gasteiger partial charge in [-0.2, -0.15) is 5.26 Å². The normalized spacial score (nSPS) is 39.8. The number of morpholine rings is 1. The lowest BCUT2D eigenvalue weighted by atomic mass is 10.2. The average Bonchev–Trinajstić information content (AvgIpc) is 2.83. The molecule has 72 valence electrons. The van der Waals surface area contributed by atoms with Gasteiger partial charge >= 0.3 is 0 Å². The highest BCUT2D eigenvalue weighted by Gasteiger charge is 2.36. The van der Waals surface area contributed by atoms with Crippen molar-refractivity contribution in [2.24, 2.45) is 11.8 Å². The summed E-state index contributed by atoms with van der Waals surface area (Å²) in [6, 6.07) is 2.30. The molecule has 1 saturated carbocycles. The van der Waals surface area contributed by atoms with E-state index in [1.807, 2.05) is 0 Å². The lowest BCUT2D eigenvalue weighted by Crippen LogP contribution is -2.45. The fourth-order valence-corrected chi connectivity index (χ4v) is 1.93. The maximum Gasteiger partial charge on any atom is 0.121 e. The van der Waals surface area contributed by atoms with E-state index in [1.54, 1.807) is 0 Å². The predicted octanol–water partition coefficient (Wildman–Crippen LogP) is 0.867. The van der Waals surface area contributed by atoms with Crippen molar-refractivity contribution in [3.63, 3.8) is 0 Å². The van der Waals surface area contributed by atoms with Gasteiger partial charge in [-0.25, -0.2) is 0 Å². The number of hydrogen-bond donors (Lipinski definition) is 0. The standard InChI is InChI=1S/C10H16N2O/c1-8-4-9(8)6-12-2-3-13-7-10(12)5-11/h8-10H,2-4,6-7H2,1H3. The van der Waals surface area contributed by atoms with Crippen LogP contribution in [0.25, 0.3) is 0 Å². The third kappa shape index (κ3) is 2.01. The molecule has 1 heterocycles. The first-order valence-electron chi connectivity index (χ1n) is 5.02. The molecule has 0 N–H and O–H groups in total. The van der Waals surface area contributed by atoms with Crippen LogP contribution in [0.2, 0.25) is 0 Å². The van der Waals surface area contributed by atoms with E-state index in [0.29, 0.717) is 6.61 Å². The molecule has 1 aliphatic heterocycles. The first kappa shape index (κ1) is 8.98. The molecule has 1 saturated heterocycles. The summed E-state index contributed by atoms with van der Waals surface area (Å²) < 4.78 is 5.27. The highest BCUT2D eigenvalue weighted by atomic mass is 16.5. The molecule has 2 fully saturated rings. The van der Waals surface area contributed by atoms with E-state index >= 15 is 0 Å². The van der Waals surface area contributed by atoms with E-state index in [4.69, 9.17) is 10.00 Å². The molecular weight excluding hydrogens is 164 g/mol. The zero-order valence-corrected chi connectivity index (χ0v) is 8.07. The maximum atomic E-state index is 8.89. The Morgan fingerprint density at radius 2 is 2.38 bits per heavy atom. The molecule has 3 unspecified atom stereocenters. The smallest absolute Gasteiger partial charge is 0.121 e. The van der Waals surface area contributed by atoms with Gasteiger partial charge in [0.1, 0.15) is 6.04 Å². The highest BCUT2D eigenvalue weighted by molar-refractivity contribution is 4.96. The van der Waals surface area contributed by atoms with Gasteiger partial charge in [-0.05, 0) is 18.3 Å². The summed E-state index contributed by atoms with van der Waals surface area (Å²) >= 11 is 0. The van der Waals surface area contributed by atoms with Crippen LogP contribution in [0.3, 0.4) is 0 Å². The Kier molecular flexibility index (Phi) is 2.52. The summed E-state index contributed by atoms with van der Waals surface area (Å²) in [7, 11) is 0. The SMILES string of the molecule is CC1CC1CN1CCOCC1C#N. The van der Waals surface area contributed by atoms with Gasteiger partial charge in [0, 0.05) is 13.1 Å². The Labute approximate surface area is 79.3 Å². The molecule has 0 aromatic heterocycles. The van der Waals surface area contributed by atoms with E-state index in [1.165, 1.54) is 6.42 Å². The largest absolute Gasteiger partial charge is 0.377 e. The molecule has 0 aromatic carbocycles. The van der Waals surface area contributed by atoms with Crippen LogP contribution in [0.1, 0.15) is 13.3 Å². The second kappa shape index (κ2) is 3.65. The Balaban J connectivity index is 1.85. The zero-order chi connectivity index (χ0) is 9.26. The van der Waals surface area contributed by atoms with Crippen molar-refractivity contribution >= 4 is 0 Å². The van der Waals surface area contributed by atoms with E-state index < -0.39 is 0 Å². The first-order chi connectivity index (χ1) is 6.31. The topological polar surface area (TPSA) is 36.3 Å². The van der Waals surface area contributed by atoms with Crippen LogP contribution >= 0.6 is 0 Å². The van der Waals surface area contributed by atoms with Crippen LogP contribution < -0.4 is 0 Å². The quantitative estimate of drug-likeness (QED) is 0.632. The fraction of sp³-hybridized carbons (Fsp3) is 0.900. The lowest BCUT2D eigenvalue weighted by Gasteiger charge is -2.31.